The first-order valence-corrected chi connectivity index (χ1v) is 11.4. The van der Waals surface area contributed by atoms with Gasteiger partial charge in [0.2, 0.25) is 11.8 Å². The second-order valence-electron chi connectivity index (χ2n) is 10.8. The van der Waals surface area contributed by atoms with Gasteiger partial charge in [0.05, 0.1) is 30.9 Å². The Hall–Kier alpha value is -2.28. The summed E-state index contributed by atoms with van der Waals surface area (Å²) in [7, 11) is 3.21. The van der Waals surface area contributed by atoms with Crippen LogP contribution in [0.4, 0.5) is 5.69 Å². The average Bonchev–Trinajstić information content (AvgIpc) is 3.14. The monoisotopic (exact) mass is 425 g/mol. The predicted molar refractivity (Wildman–Crippen MR) is 115 cm³/mol. The van der Waals surface area contributed by atoms with Gasteiger partial charge in [-0.05, 0) is 61.6 Å². The zero-order valence-corrected chi connectivity index (χ0v) is 18.8. The van der Waals surface area contributed by atoms with Crippen molar-refractivity contribution < 1.29 is 19.1 Å². The Morgan fingerprint density at radius 2 is 1.90 bits per heavy atom. The maximum Gasteiger partial charge on any atom is 0.241 e. The number of methoxy groups -OCH3 is 2. The maximum absolute atomic E-state index is 13.8. The van der Waals surface area contributed by atoms with Gasteiger partial charge < -0.3 is 20.1 Å². The van der Waals surface area contributed by atoms with E-state index in [1.165, 1.54) is 0 Å². The van der Waals surface area contributed by atoms with Crippen molar-refractivity contribution in [1.29, 1.82) is 0 Å². The van der Waals surface area contributed by atoms with Gasteiger partial charge in [-0.15, -0.1) is 0 Å². The molecule has 4 saturated heterocycles. The van der Waals surface area contributed by atoms with E-state index in [9.17, 15) is 9.59 Å². The molecule has 0 unspecified atom stereocenters. The van der Waals surface area contributed by atoms with E-state index in [0.29, 0.717) is 23.6 Å². The second-order valence-corrected chi connectivity index (χ2v) is 10.8. The van der Waals surface area contributed by atoms with Gasteiger partial charge in [-0.2, -0.15) is 0 Å². The van der Waals surface area contributed by atoms with E-state index >= 15 is 0 Å². The van der Waals surface area contributed by atoms with Crippen LogP contribution < -0.4 is 20.1 Å². The largest absolute Gasteiger partial charge is 0.493 e. The lowest BCUT2D eigenvalue weighted by molar-refractivity contribution is -0.167. The number of ether oxygens (including phenoxy) is 2. The number of piperidine rings is 3. The molecular weight excluding hydrogens is 394 g/mol. The number of carbonyl (C=O) groups excluding carboxylic acids is 2. The van der Waals surface area contributed by atoms with Crippen LogP contribution in [0.25, 0.3) is 0 Å². The van der Waals surface area contributed by atoms with Gasteiger partial charge in [-0.1, -0.05) is 19.9 Å². The van der Waals surface area contributed by atoms with Crippen LogP contribution in [0.3, 0.4) is 0 Å². The Bertz CT molecular complexity index is 1020. The Kier molecular flexibility index (Phi) is 3.59. The zero-order valence-electron chi connectivity index (χ0n) is 18.8. The van der Waals surface area contributed by atoms with Crippen molar-refractivity contribution in [2.24, 2.45) is 11.3 Å². The number of anilines is 1. The number of hydrogen-bond donors (Lipinski definition) is 2. The highest BCUT2D eigenvalue weighted by molar-refractivity contribution is 6.09. The summed E-state index contributed by atoms with van der Waals surface area (Å²) in [5, 5.41) is 6.62. The van der Waals surface area contributed by atoms with Crippen molar-refractivity contribution in [2.45, 2.75) is 62.4 Å². The molecule has 31 heavy (non-hydrogen) atoms. The lowest BCUT2D eigenvalue weighted by Gasteiger charge is -2.63. The number of nitrogens with one attached hydrogen (secondary N) is 2. The van der Waals surface area contributed by atoms with E-state index in [-0.39, 0.29) is 28.7 Å². The molecule has 5 aliphatic heterocycles. The van der Waals surface area contributed by atoms with Crippen LogP contribution in [0, 0.1) is 11.3 Å². The number of carbonyl (C=O) groups is 2. The molecule has 4 atom stereocenters. The van der Waals surface area contributed by atoms with Gasteiger partial charge in [0.15, 0.2) is 11.5 Å². The fourth-order valence-electron chi connectivity index (χ4n) is 8.09. The van der Waals surface area contributed by atoms with E-state index in [1.807, 2.05) is 12.1 Å². The molecule has 1 aliphatic carbocycles. The van der Waals surface area contributed by atoms with Crippen molar-refractivity contribution in [2.75, 3.05) is 32.6 Å². The summed E-state index contributed by atoms with van der Waals surface area (Å²) in [5.74, 6) is 1.59. The Morgan fingerprint density at radius 3 is 2.65 bits per heavy atom. The molecule has 7 rings (SSSR count). The minimum absolute atomic E-state index is 0.0102. The number of amides is 2. The molecule has 5 fully saturated rings. The summed E-state index contributed by atoms with van der Waals surface area (Å²) in [6.45, 7) is 6.27. The molecule has 2 N–H and O–H groups in total. The molecular formula is C24H31N3O4. The molecule has 2 bridgehead atoms. The van der Waals surface area contributed by atoms with Gasteiger partial charge >= 0.3 is 0 Å². The fourth-order valence-corrected chi connectivity index (χ4v) is 8.09. The van der Waals surface area contributed by atoms with Gasteiger partial charge in [0, 0.05) is 6.54 Å². The molecule has 5 heterocycles. The summed E-state index contributed by atoms with van der Waals surface area (Å²) < 4.78 is 11.1. The van der Waals surface area contributed by atoms with Gasteiger partial charge in [0.1, 0.15) is 5.54 Å². The van der Waals surface area contributed by atoms with Crippen molar-refractivity contribution in [3.63, 3.8) is 0 Å². The fraction of sp³-hybridized carbons (Fsp3) is 0.667. The zero-order chi connectivity index (χ0) is 21.8. The molecule has 0 aromatic heterocycles. The summed E-state index contributed by atoms with van der Waals surface area (Å²) in [6.07, 6.45) is 4.61. The number of fused-ring (bicyclic) bond motifs is 3. The van der Waals surface area contributed by atoms with E-state index in [1.54, 1.807) is 14.2 Å². The standard InChI is InChI=1S/C24H31N3O4/c1-21(2)16-11-23-9-5-6-10-27(23)13-22(16,26-19(23)28)12-24(21)14-7-8-15(30-3)18(31-4)17(14)25-20(24)29/h7-8,16H,5-6,9-13H2,1-4H3,(H,25,29)(H,26,28)/t16-,22+,23-,24+/m0/s1. The number of rotatable bonds is 2. The first-order chi connectivity index (χ1) is 14.8. The van der Waals surface area contributed by atoms with E-state index in [0.717, 1.165) is 44.3 Å². The molecule has 7 nitrogen and oxygen atoms in total. The van der Waals surface area contributed by atoms with Gasteiger partial charge in [-0.3, -0.25) is 14.5 Å². The number of hydrogen-bond acceptors (Lipinski definition) is 5. The smallest absolute Gasteiger partial charge is 0.241 e. The molecule has 0 radical (unpaired) electrons. The summed E-state index contributed by atoms with van der Waals surface area (Å²) in [6, 6.07) is 3.91. The van der Waals surface area contributed by atoms with Crippen LogP contribution in [-0.2, 0) is 15.0 Å². The number of nitrogens with zero attached hydrogens (tertiary/aromatic N) is 1. The van der Waals surface area contributed by atoms with E-state index in [2.05, 4.69) is 29.4 Å². The normalized spacial score (nSPS) is 39.5. The lowest BCUT2D eigenvalue weighted by Crippen LogP contribution is -2.80. The third-order valence-electron chi connectivity index (χ3n) is 9.52. The third-order valence-corrected chi connectivity index (χ3v) is 9.52. The molecule has 1 saturated carbocycles. The van der Waals surface area contributed by atoms with Crippen LogP contribution >= 0.6 is 0 Å². The van der Waals surface area contributed by atoms with E-state index in [4.69, 9.17) is 9.47 Å². The summed E-state index contributed by atoms with van der Waals surface area (Å²) in [5.41, 5.74) is -0.148. The highest BCUT2D eigenvalue weighted by Crippen LogP contribution is 2.70. The SMILES string of the molecule is COc1ccc2c(c1OC)NC(=O)[C@@]21C[C@@]23CN4CCCC[C@]4(C[C@H]2C1(C)C)C(=O)N3. The minimum Gasteiger partial charge on any atom is -0.493 e. The molecule has 1 aromatic carbocycles. The second kappa shape index (κ2) is 5.74. The van der Waals surface area contributed by atoms with Crippen molar-refractivity contribution in [1.82, 2.24) is 10.2 Å². The molecule has 166 valence electrons. The average molecular weight is 426 g/mol. The Labute approximate surface area is 182 Å². The summed E-state index contributed by atoms with van der Waals surface area (Å²) in [4.78, 5) is 29.6. The first kappa shape index (κ1) is 19.4. The van der Waals surface area contributed by atoms with E-state index < -0.39 is 11.0 Å². The van der Waals surface area contributed by atoms with Crippen LogP contribution in [0.15, 0.2) is 12.1 Å². The molecule has 1 aromatic rings. The number of benzene rings is 1. The summed E-state index contributed by atoms with van der Waals surface area (Å²) >= 11 is 0. The Balaban J connectivity index is 1.54. The van der Waals surface area contributed by atoms with Gasteiger partial charge in [0.25, 0.3) is 0 Å². The topological polar surface area (TPSA) is 79.9 Å². The quantitative estimate of drug-likeness (QED) is 0.761. The maximum atomic E-state index is 13.8. The van der Waals surface area contributed by atoms with Crippen LogP contribution in [0.2, 0.25) is 0 Å². The van der Waals surface area contributed by atoms with Crippen LogP contribution in [0.1, 0.15) is 51.5 Å². The van der Waals surface area contributed by atoms with Crippen LogP contribution in [-0.4, -0.2) is 55.1 Å². The minimum atomic E-state index is -0.722. The lowest BCUT2D eigenvalue weighted by atomic mass is 9.56. The van der Waals surface area contributed by atoms with Crippen molar-refractivity contribution in [3.8, 4) is 11.5 Å². The highest BCUT2D eigenvalue weighted by atomic mass is 16.5. The van der Waals surface area contributed by atoms with Gasteiger partial charge in [-0.25, -0.2) is 0 Å². The molecule has 6 aliphatic rings. The van der Waals surface area contributed by atoms with Crippen LogP contribution in [0.5, 0.6) is 11.5 Å². The highest BCUT2D eigenvalue weighted by Gasteiger charge is 2.77. The predicted octanol–water partition coefficient (Wildman–Crippen LogP) is 2.44. The van der Waals surface area contributed by atoms with Crippen molar-refractivity contribution in [3.05, 3.63) is 17.7 Å². The molecule has 3 spiro atoms. The number of piperazine rings is 1. The Morgan fingerprint density at radius 1 is 1.10 bits per heavy atom. The molecule has 2 amide bonds. The first-order valence-electron chi connectivity index (χ1n) is 11.4. The molecule has 7 heteroatoms. The third kappa shape index (κ3) is 1.96. The van der Waals surface area contributed by atoms with Crippen molar-refractivity contribution >= 4 is 17.5 Å².